The van der Waals surface area contributed by atoms with Gasteiger partial charge >= 0.3 is 0 Å². The Labute approximate surface area is 198 Å². The number of carbonyl (C=O) groups is 3. The number of hydrogen-bond donors (Lipinski definition) is 3. The molecule has 2 aliphatic rings. The zero-order chi connectivity index (χ0) is 23.8. The van der Waals surface area contributed by atoms with Crippen LogP contribution >= 0.6 is 11.6 Å². The van der Waals surface area contributed by atoms with Crippen molar-refractivity contribution in [1.29, 1.82) is 0 Å². The Morgan fingerprint density at radius 2 is 2.27 bits per heavy atom. The highest BCUT2D eigenvalue weighted by Gasteiger charge is 2.38. The van der Waals surface area contributed by atoms with Crippen molar-refractivity contribution in [1.82, 2.24) is 15.3 Å². The first-order valence-corrected chi connectivity index (χ1v) is 11.5. The molecule has 3 amide bonds. The van der Waals surface area contributed by atoms with Gasteiger partial charge in [0.1, 0.15) is 12.8 Å². The lowest BCUT2D eigenvalue weighted by Crippen LogP contribution is -2.48. The van der Waals surface area contributed by atoms with Crippen LogP contribution in [0.5, 0.6) is 0 Å². The molecular weight excluding hydrogens is 452 g/mol. The van der Waals surface area contributed by atoms with Crippen molar-refractivity contribution in [3.63, 3.8) is 0 Å². The number of carbonyl (C=O) groups excluding carboxylic acids is 3. The molecule has 0 spiro atoms. The Hall–Kier alpha value is -2.24. The number of ether oxygens (including phenoxy) is 2. The molecule has 2 saturated heterocycles. The fourth-order valence-corrected chi connectivity index (χ4v) is 4.28. The topological polar surface area (TPSA) is 120 Å². The van der Waals surface area contributed by atoms with Gasteiger partial charge in [0.25, 0.3) is 0 Å². The molecule has 0 aromatic heterocycles. The first-order valence-electron chi connectivity index (χ1n) is 11.2. The number of nitrogens with zero attached hydrogens (tertiary/aromatic N) is 2. The highest BCUT2D eigenvalue weighted by Crippen LogP contribution is 2.29. The van der Waals surface area contributed by atoms with Gasteiger partial charge in [-0.25, -0.2) is 5.06 Å². The van der Waals surface area contributed by atoms with Crippen LogP contribution in [0.15, 0.2) is 18.2 Å². The molecule has 3 rings (SSSR count). The van der Waals surface area contributed by atoms with E-state index in [9.17, 15) is 19.6 Å². The van der Waals surface area contributed by atoms with Crippen molar-refractivity contribution in [2.45, 2.75) is 38.3 Å². The summed E-state index contributed by atoms with van der Waals surface area (Å²) in [4.78, 5) is 38.3. The van der Waals surface area contributed by atoms with Crippen LogP contribution in [-0.2, 0) is 23.9 Å². The first kappa shape index (κ1) is 25.4. The van der Waals surface area contributed by atoms with E-state index in [4.69, 9.17) is 21.1 Å². The number of unbranched alkanes of at least 4 members (excludes halogenated alkanes) is 1. The number of rotatable bonds is 10. The molecule has 1 aromatic rings. The molecule has 2 fully saturated rings. The number of hydrogen-bond acceptors (Lipinski definition) is 7. The van der Waals surface area contributed by atoms with Gasteiger partial charge in [-0.15, -0.1) is 0 Å². The van der Waals surface area contributed by atoms with E-state index in [1.54, 1.807) is 12.1 Å². The Morgan fingerprint density at radius 1 is 1.45 bits per heavy atom. The predicted molar refractivity (Wildman–Crippen MR) is 121 cm³/mol. The maximum absolute atomic E-state index is 13.1. The molecule has 0 aliphatic carbocycles. The van der Waals surface area contributed by atoms with E-state index in [0.717, 1.165) is 24.9 Å². The number of benzene rings is 1. The van der Waals surface area contributed by atoms with E-state index in [1.807, 2.05) is 13.0 Å². The van der Waals surface area contributed by atoms with Crippen molar-refractivity contribution in [2.75, 3.05) is 44.9 Å². The van der Waals surface area contributed by atoms with Gasteiger partial charge in [-0.1, -0.05) is 37.4 Å². The second-order valence-corrected chi connectivity index (χ2v) is 8.59. The normalized spacial score (nSPS) is 21.5. The van der Waals surface area contributed by atoms with E-state index in [0.29, 0.717) is 35.3 Å². The highest BCUT2D eigenvalue weighted by molar-refractivity contribution is 6.31. The van der Waals surface area contributed by atoms with E-state index >= 15 is 0 Å². The molecule has 11 heteroatoms. The molecule has 2 aliphatic heterocycles. The van der Waals surface area contributed by atoms with Crippen molar-refractivity contribution < 1.29 is 29.1 Å². The molecule has 1 aromatic carbocycles. The number of morpholine rings is 1. The second-order valence-electron chi connectivity index (χ2n) is 8.18. The molecular formula is C22H31ClN4O6. The fraction of sp³-hybridized carbons (Fsp3) is 0.591. The average molecular weight is 483 g/mol. The second kappa shape index (κ2) is 12.3. The van der Waals surface area contributed by atoms with Gasteiger partial charge in [-0.05, 0) is 18.6 Å². The lowest BCUT2D eigenvalue weighted by atomic mass is 9.99. The maximum Gasteiger partial charge on any atom is 0.249 e. The summed E-state index contributed by atoms with van der Waals surface area (Å²) >= 11 is 6.43. The molecule has 182 valence electrons. The van der Waals surface area contributed by atoms with Gasteiger partial charge < -0.3 is 25.0 Å². The Morgan fingerprint density at radius 3 is 2.94 bits per heavy atom. The van der Waals surface area contributed by atoms with E-state index in [2.05, 4.69) is 10.6 Å². The Balaban J connectivity index is 1.66. The standard InChI is InChI=1S/C22H31ClN4O6/c1-2-3-4-15(11-26(31)13-28)22(30)27-14-32-12-19(27)21(29)25-16-5-6-17(18(23)9-16)20-10-24-7-8-33-20/h5-6,9,13,15,19-20,24,31H,2-4,7-8,10-12,14H2,1H3,(H,25,29)/t15-,19+,20?/m1/s1. The maximum atomic E-state index is 13.1. The number of halogens is 1. The Bertz CT molecular complexity index is 835. The molecule has 33 heavy (non-hydrogen) atoms. The summed E-state index contributed by atoms with van der Waals surface area (Å²) in [5.74, 6) is -1.36. The fourth-order valence-electron chi connectivity index (χ4n) is 3.98. The average Bonchev–Trinajstić information content (AvgIpc) is 3.32. The van der Waals surface area contributed by atoms with Crippen LogP contribution in [0.3, 0.4) is 0 Å². The number of nitrogens with one attached hydrogen (secondary N) is 2. The molecule has 1 unspecified atom stereocenters. The molecule has 3 atom stereocenters. The third-order valence-corrected chi connectivity index (χ3v) is 6.12. The van der Waals surface area contributed by atoms with Gasteiger partial charge in [0.15, 0.2) is 0 Å². The molecule has 3 N–H and O–H groups in total. The molecule has 0 bridgehead atoms. The van der Waals surface area contributed by atoms with Crippen LogP contribution in [0.25, 0.3) is 0 Å². The zero-order valence-electron chi connectivity index (χ0n) is 18.7. The van der Waals surface area contributed by atoms with Crippen molar-refractivity contribution >= 4 is 35.5 Å². The van der Waals surface area contributed by atoms with Gasteiger partial charge in [-0.2, -0.15) is 0 Å². The van der Waals surface area contributed by atoms with Crippen LogP contribution in [-0.4, -0.2) is 79.0 Å². The summed E-state index contributed by atoms with van der Waals surface area (Å²) in [6.07, 6.45) is 2.21. The van der Waals surface area contributed by atoms with Crippen molar-refractivity contribution in [2.24, 2.45) is 5.92 Å². The van der Waals surface area contributed by atoms with E-state index < -0.39 is 17.9 Å². The van der Waals surface area contributed by atoms with Crippen LogP contribution in [0.1, 0.15) is 37.9 Å². The molecule has 0 saturated carbocycles. The van der Waals surface area contributed by atoms with Crippen molar-refractivity contribution in [3.05, 3.63) is 28.8 Å². The predicted octanol–water partition coefficient (Wildman–Crippen LogP) is 1.78. The lowest BCUT2D eigenvalue weighted by molar-refractivity contribution is -0.158. The molecule has 0 radical (unpaired) electrons. The summed E-state index contributed by atoms with van der Waals surface area (Å²) in [5, 5.41) is 16.6. The van der Waals surface area contributed by atoms with Crippen LogP contribution < -0.4 is 10.6 Å². The third-order valence-electron chi connectivity index (χ3n) is 5.80. The van der Waals surface area contributed by atoms with Gasteiger partial charge in [-0.3, -0.25) is 19.6 Å². The SMILES string of the molecule is CCCC[C@H](CN(O)C=O)C(=O)N1COC[C@H]1C(=O)Nc1ccc(C2CNCCO2)c(Cl)c1. The third kappa shape index (κ3) is 6.64. The number of hydroxylamine groups is 2. The lowest BCUT2D eigenvalue weighted by Gasteiger charge is -2.28. The minimum Gasteiger partial charge on any atom is -0.371 e. The highest BCUT2D eigenvalue weighted by atomic mass is 35.5. The Kier molecular flexibility index (Phi) is 9.45. The first-order chi connectivity index (χ1) is 15.9. The zero-order valence-corrected chi connectivity index (χ0v) is 19.4. The van der Waals surface area contributed by atoms with Gasteiger partial charge in [0, 0.05) is 29.4 Å². The van der Waals surface area contributed by atoms with E-state index in [1.165, 1.54) is 4.90 Å². The smallest absolute Gasteiger partial charge is 0.249 e. The van der Waals surface area contributed by atoms with Crippen LogP contribution in [0.2, 0.25) is 5.02 Å². The quantitative estimate of drug-likeness (QED) is 0.264. The largest absolute Gasteiger partial charge is 0.371 e. The number of amides is 3. The van der Waals surface area contributed by atoms with Crippen LogP contribution in [0, 0.1) is 5.92 Å². The number of anilines is 1. The summed E-state index contributed by atoms with van der Waals surface area (Å²) in [5.41, 5.74) is 1.34. The minimum atomic E-state index is -0.825. The molecule has 2 heterocycles. The summed E-state index contributed by atoms with van der Waals surface area (Å²) in [6.45, 7) is 3.94. The van der Waals surface area contributed by atoms with Gasteiger partial charge in [0.05, 0.1) is 31.8 Å². The summed E-state index contributed by atoms with van der Waals surface area (Å²) < 4.78 is 11.1. The minimum absolute atomic E-state index is 0.0300. The van der Waals surface area contributed by atoms with Gasteiger partial charge in [0.2, 0.25) is 18.2 Å². The molecule has 10 nitrogen and oxygen atoms in total. The van der Waals surface area contributed by atoms with E-state index in [-0.39, 0.29) is 38.3 Å². The van der Waals surface area contributed by atoms with Crippen LogP contribution in [0.4, 0.5) is 5.69 Å². The summed E-state index contributed by atoms with van der Waals surface area (Å²) in [6, 6.07) is 4.40. The monoisotopic (exact) mass is 482 g/mol. The summed E-state index contributed by atoms with van der Waals surface area (Å²) in [7, 11) is 0. The van der Waals surface area contributed by atoms with Crippen molar-refractivity contribution in [3.8, 4) is 0 Å².